The number of rotatable bonds is 1. The molecule has 0 atom stereocenters. The smallest absolute Gasteiger partial charge is 0.0160 e. The second kappa shape index (κ2) is 74.1. The SMILES string of the molecule is [C-]#[O+].[C-]#[O+].[C-]#[O+].[C-]#[O+].[C-]#[O+].[C-]#[O+].[C-]#[O+].[Cr].[Mn].[c-]1ccccc1-c1ccccn1. The molecular weight excluding hydrogens is 449 g/mol. The fourth-order valence-corrected chi connectivity index (χ4v) is 1.07. The monoisotopic (exact) mass is 457 g/mol. The van der Waals surface area contributed by atoms with Gasteiger partial charge >= 0.3 is 79.1 Å². The Kier molecular flexibility index (Phi) is 132. The van der Waals surface area contributed by atoms with Gasteiger partial charge in [-0.1, -0.05) is 12.1 Å². The third kappa shape index (κ3) is 38.9. The van der Waals surface area contributed by atoms with Gasteiger partial charge in [-0.3, -0.25) is 0 Å². The Morgan fingerprint density at radius 2 is 1.00 bits per heavy atom. The first-order valence-corrected chi connectivity index (χ1v) is 5.28. The Morgan fingerprint density at radius 1 is 0.607 bits per heavy atom. The first-order valence-electron chi connectivity index (χ1n) is 5.28. The van der Waals surface area contributed by atoms with Crippen LogP contribution in [0, 0.1) is 52.6 Å². The number of hydrogen-bond donors (Lipinski definition) is 0. The zero-order chi connectivity index (χ0) is 22.2. The molecule has 0 aliphatic heterocycles. The Labute approximate surface area is 184 Å². The van der Waals surface area contributed by atoms with E-state index >= 15 is 0 Å². The van der Waals surface area contributed by atoms with Gasteiger partial charge in [0, 0.05) is 40.6 Å². The van der Waals surface area contributed by atoms with Crippen LogP contribution in [0.5, 0.6) is 0 Å². The van der Waals surface area contributed by atoms with Crippen LogP contribution in [0.4, 0.5) is 0 Å². The Morgan fingerprint density at radius 3 is 1.29 bits per heavy atom. The van der Waals surface area contributed by atoms with E-state index in [9.17, 15) is 0 Å². The van der Waals surface area contributed by atoms with Crippen LogP contribution in [0.15, 0.2) is 48.7 Å². The van der Waals surface area contributed by atoms with Crippen LogP contribution < -0.4 is 0 Å². The van der Waals surface area contributed by atoms with Gasteiger partial charge in [-0.25, -0.2) is 0 Å². The van der Waals surface area contributed by atoms with Gasteiger partial charge in [-0.05, 0) is 11.8 Å². The van der Waals surface area contributed by atoms with E-state index in [2.05, 4.69) is 57.6 Å². The first kappa shape index (κ1) is 50.0. The van der Waals surface area contributed by atoms with E-state index in [-0.39, 0.29) is 34.4 Å². The minimum Gasteiger partial charge on any atom is -0.305 e. The third-order valence-corrected chi connectivity index (χ3v) is 1.65. The van der Waals surface area contributed by atoms with Crippen molar-refractivity contribution in [1.82, 2.24) is 4.98 Å². The van der Waals surface area contributed by atoms with Crippen LogP contribution in [0.3, 0.4) is 0 Å². The molecule has 1 heterocycles. The molecule has 0 N–H and O–H groups in total. The van der Waals surface area contributed by atoms with Crippen molar-refractivity contribution in [2.75, 3.05) is 0 Å². The van der Waals surface area contributed by atoms with Crippen molar-refractivity contribution in [1.29, 1.82) is 0 Å². The van der Waals surface area contributed by atoms with E-state index in [1.54, 1.807) is 6.20 Å². The third-order valence-electron chi connectivity index (χ3n) is 1.65. The molecule has 0 bridgehead atoms. The molecule has 0 saturated heterocycles. The molecule has 0 aliphatic carbocycles. The van der Waals surface area contributed by atoms with E-state index in [4.69, 9.17) is 32.6 Å². The first-order chi connectivity index (χ1) is 13.0. The molecule has 0 unspecified atom stereocenters. The normalized spacial score (nSPS) is 4.64. The molecule has 0 spiro atoms. The van der Waals surface area contributed by atoms with Crippen LogP contribution in [-0.2, 0) is 67.0 Å². The Hall–Kier alpha value is -2.40. The molecule has 1 radical (unpaired) electrons. The second-order valence-corrected chi connectivity index (χ2v) is 2.49. The zero-order valence-corrected chi connectivity index (χ0v) is 16.2. The summed E-state index contributed by atoms with van der Waals surface area (Å²) in [7, 11) is 0. The molecule has 10 heteroatoms. The summed E-state index contributed by atoms with van der Waals surface area (Å²) in [4.78, 5) is 4.22. The number of aromatic nitrogens is 1. The molecule has 2 aromatic rings. The maximum Gasteiger partial charge on any atom is 0.0160 e. The number of benzene rings is 1. The van der Waals surface area contributed by atoms with E-state index in [0.29, 0.717) is 0 Å². The molecule has 0 amide bonds. The van der Waals surface area contributed by atoms with Gasteiger partial charge in [-0.2, -0.15) is 0 Å². The fraction of sp³-hybridized carbons (Fsp3) is 0. The molecular formula is C18H8CrMnNO7-. The van der Waals surface area contributed by atoms with Crippen molar-refractivity contribution >= 4 is 0 Å². The van der Waals surface area contributed by atoms with Crippen molar-refractivity contribution in [3.05, 3.63) is 101 Å². The van der Waals surface area contributed by atoms with E-state index in [0.717, 1.165) is 11.3 Å². The molecule has 141 valence electrons. The van der Waals surface area contributed by atoms with Gasteiger partial charge in [-0.15, -0.1) is 35.9 Å². The minimum absolute atomic E-state index is 0. The van der Waals surface area contributed by atoms with Crippen LogP contribution in [0.1, 0.15) is 0 Å². The summed E-state index contributed by atoms with van der Waals surface area (Å²) < 4.78 is 52.5. The minimum atomic E-state index is 0. The van der Waals surface area contributed by atoms with Crippen molar-refractivity contribution in [2.24, 2.45) is 0 Å². The summed E-state index contributed by atoms with van der Waals surface area (Å²) >= 11 is 0. The summed E-state index contributed by atoms with van der Waals surface area (Å²) in [6.45, 7) is 31.5. The molecule has 0 fully saturated rings. The summed E-state index contributed by atoms with van der Waals surface area (Å²) in [5, 5.41) is 0. The van der Waals surface area contributed by atoms with Gasteiger partial charge < -0.3 is 4.98 Å². The largest absolute Gasteiger partial charge is 0.305 e. The Bertz CT molecular complexity index is 540. The predicted octanol–water partition coefficient (Wildman–Crippen LogP) is 2.28. The Balaban J connectivity index is -0.0000000361. The molecule has 0 saturated carbocycles. The average Bonchev–Trinajstić information content (AvgIpc) is 2.84. The van der Waals surface area contributed by atoms with Crippen molar-refractivity contribution < 1.29 is 67.0 Å². The van der Waals surface area contributed by atoms with Gasteiger partial charge in [0.1, 0.15) is 0 Å². The maximum absolute atomic E-state index is 7.50. The van der Waals surface area contributed by atoms with Gasteiger partial charge in [0.15, 0.2) is 0 Å². The predicted molar refractivity (Wildman–Crippen MR) is 76.0 cm³/mol. The van der Waals surface area contributed by atoms with Gasteiger partial charge in [0.2, 0.25) is 0 Å². The van der Waals surface area contributed by atoms with E-state index in [1.807, 2.05) is 42.5 Å². The van der Waals surface area contributed by atoms with Crippen LogP contribution >= 0.6 is 0 Å². The topological polar surface area (TPSA) is 152 Å². The quantitative estimate of drug-likeness (QED) is 0.360. The molecule has 0 aliphatic rings. The molecule has 1 aromatic carbocycles. The fourth-order valence-electron chi connectivity index (χ4n) is 1.07. The summed E-state index contributed by atoms with van der Waals surface area (Å²) in [5.41, 5.74) is 2.01. The molecule has 2 rings (SSSR count). The van der Waals surface area contributed by atoms with Crippen molar-refractivity contribution in [2.45, 2.75) is 0 Å². The van der Waals surface area contributed by atoms with Crippen molar-refractivity contribution in [3.8, 4) is 11.3 Å². The van der Waals surface area contributed by atoms with Crippen LogP contribution in [0.25, 0.3) is 11.3 Å². The standard InChI is InChI=1S/C11H8N.7CO.Cr.Mn/c1-2-6-10(7-3-1)11-8-4-5-9-12-11;7*1-2;;/h1-6,8-9H;;;;;;;;;/q-1;;;;;;;;;. The zero-order valence-electron chi connectivity index (χ0n) is 13.7. The number of pyridine rings is 1. The number of hydrogen-bond acceptors (Lipinski definition) is 1. The number of nitrogens with zero attached hydrogens (tertiary/aromatic N) is 1. The molecule has 28 heavy (non-hydrogen) atoms. The molecule has 8 nitrogen and oxygen atoms in total. The van der Waals surface area contributed by atoms with Crippen LogP contribution in [-0.4, -0.2) is 4.98 Å². The summed E-state index contributed by atoms with van der Waals surface area (Å²) in [6, 6.07) is 16.8. The summed E-state index contributed by atoms with van der Waals surface area (Å²) in [6.07, 6.45) is 1.79. The molecule has 1 aromatic heterocycles. The average molecular weight is 457 g/mol. The second-order valence-electron chi connectivity index (χ2n) is 2.49. The summed E-state index contributed by atoms with van der Waals surface area (Å²) in [5.74, 6) is 0. The van der Waals surface area contributed by atoms with E-state index < -0.39 is 0 Å². The van der Waals surface area contributed by atoms with Crippen molar-refractivity contribution in [3.63, 3.8) is 0 Å². The van der Waals surface area contributed by atoms with Gasteiger partial charge in [0.25, 0.3) is 0 Å². The van der Waals surface area contributed by atoms with E-state index in [1.165, 1.54) is 0 Å². The van der Waals surface area contributed by atoms with Gasteiger partial charge in [0.05, 0.1) is 0 Å². The van der Waals surface area contributed by atoms with Crippen LogP contribution in [0.2, 0.25) is 0 Å². The maximum atomic E-state index is 7.50.